The summed E-state index contributed by atoms with van der Waals surface area (Å²) in [7, 11) is 0. The number of nitrogens with one attached hydrogen (secondary N) is 1. The third-order valence-electron chi connectivity index (χ3n) is 3.22. The van der Waals surface area contributed by atoms with Gasteiger partial charge in [-0.15, -0.1) is 0 Å². The number of hydrogen-bond acceptors (Lipinski definition) is 2. The molecule has 0 atom stereocenters. The maximum Gasteiger partial charge on any atom is 0.306 e. The second-order valence-corrected chi connectivity index (χ2v) is 4.86. The molecule has 0 amide bonds. The van der Waals surface area contributed by atoms with Crippen LogP contribution in [0.4, 0.5) is 0 Å². The molecule has 1 aliphatic rings. The van der Waals surface area contributed by atoms with E-state index in [1.807, 2.05) is 6.92 Å². The van der Waals surface area contributed by atoms with Crippen molar-refractivity contribution in [3.8, 4) is 0 Å². The predicted octanol–water partition coefficient (Wildman–Crippen LogP) is 2.61. The van der Waals surface area contributed by atoms with Crippen molar-refractivity contribution in [3.05, 3.63) is 11.1 Å². The minimum absolute atomic E-state index is 0.110. The lowest BCUT2D eigenvalue weighted by Crippen LogP contribution is -2.29. The topological polar surface area (TPSA) is 49.3 Å². The van der Waals surface area contributed by atoms with Gasteiger partial charge in [0.1, 0.15) is 0 Å². The number of hydrogen-bond donors (Lipinski definition) is 2. The lowest BCUT2D eigenvalue weighted by Gasteiger charge is -2.26. The molecular formula is C12H20ClNO2. The molecule has 4 heteroatoms. The van der Waals surface area contributed by atoms with Crippen LogP contribution in [0.1, 0.15) is 32.6 Å². The molecule has 0 aromatic rings. The molecule has 3 nitrogen and oxygen atoms in total. The Hall–Kier alpha value is -0.540. The number of carboxylic acid groups (broad SMARTS) is 1. The quantitative estimate of drug-likeness (QED) is 0.783. The Bertz CT molecular complexity index is 258. The zero-order valence-corrected chi connectivity index (χ0v) is 10.5. The Kier molecular flexibility index (Phi) is 5.85. The zero-order chi connectivity index (χ0) is 12.0. The summed E-state index contributed by atoms with van der Waals surface area (Å²) >= 11 is 5.56. The van der Waals surface area contributed by atoms with E-state index in [9.17, 15) is 4.79 Å². The highest BCUT2D eigenvalue weighted by Crippen LogP contribution is 2.28. The van der Waals surface area contributed by atoms with Crippen molar-refractivity contribution >= 4 is 17.6 Å². The van der Waals surface area contributed by atoms with E-state index in [4.69, 9.17) is 16.7 Å². The summed E-state index contributed by atoms with van der Waals surface area (Å²) < 4.78 is 0. The normalized spacial score (nSPS) is 26.8. The Morgan fingerprint density at radius 3 is 2.56 bits per heavy atom. The van der Waals surface area contributed by atoms with E-state index in [-0.39, 0.29) is 5.92 Å². The van der Waals surface area contributed by atoms with E-state index in [2.05, 4.69) is 5.32 Å². The Labute approximate surface area is 102 Å². The molecule has 1 rings (SSSR count). The molecule has 92 valence electrons. The summed E-state index contributed by atoms with van der Waals surface area (Å²) in [5.74, 6) is -0.119. The van der Waals surface area contributed by atoms with Crippen molar-refractivity contribution in [1.29, 1.82) is 0 Å². The van der Waals surface area contributed by atoms with Crippen LogP contribution in [0.3, 0.4) is 0 Å². The fourth-order valence-electron chi connectivity index (χ4n) is 2.13. The van der Waals surface area contributed by atoms with Gasteiger partial charge < -0.3 is 10.4 Å². The molecule has 0 aliphatic heterocycles. The van der Waals surface area contributed by atoms with Crippen molar-refractivity contribution in [2.24, 2.45) is 11.8 Å². The molecular weight excluding hydrogens is 226 g/mol. The van der Waals surface area contributed by atoms with Crippen LogP contribution >= 0.6 is 11.6 Å². The van der Waals surface area contributed by atoms with Crippen LogP contribution in [0, 0.1) is 11.8 Å². The van der Waals surface area contributed by atoms with Gasteiger partial charge in [0, 0.05) is 12.1 Å². The highest BCUT2D eigenvalue weighted by atomic mass is 35.5. The third-order valence-corrected chi connectivity index (χ3v) is 3.59. The molecule has 16 heavy (non-hydrogen) atoms. The van der Waals surface area contributed by atoms with Gasteiger partial charge in [0.2, 0.25) is 0 Å². The van der Waals surface area contributed by atoms with Gasteiger partial charge in [0.05, 0.1) is 5.92 Å². The second kappa shape index (κ2) is 6.92. The molecule has 0 bridgehead atoms. The van der Waals surface area contributed by atoms with Gasteiger partial charge in [-0.2, -0.15) is 0 Å². The first-order valence-electron chi connectivity index (χ1n) is 5.83. The monoisotopic (exact) mass is 245 g/mol. The molecule has 2 N–H and O–H groups in total. The highest BCUT2D eigenvalue weighted by Gasteiger charge is 2.25. The molecule has 0 spiro atoms. The van der Waals surface area contributed by atoms with E-state index < -0.39 is 5.97 Å². The molecule has 1 fully saturated rings. The fourth-order valence-corrected chi connectivity index (χ4v) is 2.20. The first kappa shape index (κ1) is 13.5. The maximum absolute atomic E-state index is 10.8. The predicted molar refractivity (Wildman–Crippen MR) is 65.6 cm³/mol. The largest absolute Gasteiger partial charge is 0.481 e. The highest BCUT2D eigenvalue weighted by molar-refractivity contribution is 6.25. The van der Waals surface area contributed by atoms with E-state index in [0.29, 0.717) is 5.92 Å². The number of aliphatic carboxylic acids is 1. The van der Waals surface area contributed by atoms with Crippen LogP contribution in [-0.4, -0.2) is 24.2 Å². The Morgan fingerprint density at radius 1 is 1.44 bits per heavy atom. The number of rotatable bonds is 5. The number of halogens is 1. The van der Waals surface area contributed by atoms with Crippen molar-refractivity contribution in [2.45, 2.75) is 32.6 Å². The van der Waals surface area contributed by atoms with Crippen LogP contribution in [0.25, 0.3) is 0 Å². The lowest BCUT2D eigenvalue weighted by atomic mass is 9.82. The van der Waals surface area contributed by atoms with E-state index >= 15 is 0 Å². The molecule has 0 radical (unpaired) electrons. The summed E-state index contributed by atoms with van der Waals surface area (Å²) in [6.45, 7) is 3.78. The van der Waals surface area contributed by atoms with Crippen molar-refractivity contribution in [2.75, 3.05) is 13.1 Å². The summed E-state index contributed by atoms with van der Waals surface area (Å²) in [6.07, 6.45) is 3.69. The van der Waals surface area contributed by atoms with Crippen molar-refractivity contribution < 1.29 is 9.90 Å². The van der Waals surface area contributed by atoms with E-state index in [1.54, 1.807) is 5.54 Å². The van der Waals surface area contributed by atoms with Crippen molar-refractivity contribution in [1.82, 2.24) is 5.32 Å². The molecule has 0 aromatic heterocycles. The third kappa shape index (κ3) is 4.54. The minimum atomic E-state index is -0.632. The minimum Gasteiger partial charge on any atom is -0.481 e. The average molecular weight is 246 g/mol. The molecule has 1 aliphatic carbocycles. The zero-order valence-electron chi connectivity index (χ0n) is 9.71. The van der Waals surface area contributed by atoms with Gasteiger partial charge in [-0.05, 0) is 50.6 Å². The van der Waals surface area contributed by atoms with Gasteiger partial charge in [-0.1, -0.05) is 11.6 Å². The average Bonchev–Trinajstić information content (AvgIpc) is 2.29. The first-order valence-corrected chi connectivity index (χ1v) is 6.26. The van der Waals surface area contributed by atoms with Crippen LogP contribution in [0.15, 0.2) is 11.1 Å². The standard InChI is InChI=1S/C12H20ClNO2/c1-9(6-13)7-14-8-10-2-4-11(5-3-10)12(15)16/h6,10-11,14H,2-5,7-8H2,1H3,(H,15,16). The molecule has 0 aromatic carbocycles. The number of carbonyl (C=O) groups is 1. The van der Waals surface area contributed by atoms with Crippen LogP contribution in [-0.2, 0) is 4.79 Å². The molecule has 0 saturated heterocycles. The lowest BCUT2D eigenvalue weighted by molar-refractivity contribution is -0.143. The smallest absolute Gasteiger partial charge is 0.306 e. The van der Waals surface area contributed by atoms with Crippen molar-refractivity contribution in [3.63, 3.8) is 0 Å². The van der Waals surface area contributed by atoms with Gasteiger partial charge in [0.15, 0.2) is 0 Å². The van der Waals surface area contributed by atoms with Crippen LogP contribution < -0.4 is 5.32 Å². The molecule has 0 heterocycles. The fraction of sp³-hybridized carbons (Fsp3) is 0.750. The van der Waals surface area contributed by atoms with Gasteiger partial charge >= 0.3 is 5.97 Å². The maximum atomic E-state index is 10.8. The Balaban J connectivity index is 2.15. The summed E-state index contributed by atoms with van der Waals surface area (Å²) in [5, 5.41) is 12.2. The number of carboxylic acids is 1. The van der Waals surface area contributed by atoms with Crippen LogP contribution in [0.5, 0.6) is 0 Å². The summed E-state index contributed by atoms with van der Waals surface area (Å²) in [5.41, 5.74) is 2.72. The van der Waals surface area contributed by atoms with Gasteiger partial charge in [-0.3, -0.25) is 4.79 Å². The van der Waals surface area contributed by atoms with Crippen LogP contribution in [0.2, 0.25) is 0 Å². The van der Waals surface area contributed by atoms with E-state index in [0.717, 1.165) is 44.3 Å². The SMILES string of the molecule is CC(=CCl)CNCC1CCC(C(=O)O)CC1. The Morgan fingerprint density at radius 2 is 2.06 bits per heavy atom. The van der Waals surface area contributed by atoms with E-state index in [1.165, 1.54) is 0 Å². The molecule has 1 saturated carbocycles. The van der Waals surface area contributed by atoms with Gasteiger partial charge in [0.25, 0.3) is 0 Å². The summed E-state index contributed by atoms with van der Waals surface area (Å²) in [6, 6.07) is 0. The second-order valence-electron chi connectivity index (χ2n) is 4.64. The first-order chi connectivity index (χ1) is 7.63. The molecule has 0 unspecified atom stereocenters. The van der Waals surface area contributed by atoms with Gasteiger partial charge in [-0.25, -0.2) is 0 Å². The summed E-state index contributed by atoms with van der Waals surface area (Å²) in [4.78, 5) is 10.8.